The van der Waals surface area contributed by atoms with Gasteiger partial charge in [-0.2, -0.15) is 0 Å². The molecule has 0 bridgehead atoms. The summed E-state index contributed by atoms with van der Waals surface area (Å²) in [6, 6.07) is 6.55. The van der Waals surface area contributed by atoms with Gasteiger partial charge in [-0.05, 0) is 6.07 Å². The number of aromatic nitrogens is 1. The molecule has 1 radical (unpaired) electrons. The fourth-order valence-corrected chi connectivity index (χ4v) is 0.411. The Bertz CT molecular complexity index is 204. The summed E-state index contributed by atoms with van der Waals surface area (Å²) >= 11 is 0. The molecule has 0 aliphatic rings. The van der Waals surface area contributed by atoms with Crippen LogP contribution in [-0.4, -0.2) is 34.5 Å². The quantitative estimate of drug-likeness (QED) is 0.465. The molecule has 0 unspecified atom stereocenters. The Morgan fingerprint density at radius 3 is 2.78 bits per heavy atom. The Balaban J connectivity index is 0.000000640. The zero-order valence-electron chi connectivity index (χ0n) is 5.24. The molecule has 0 fully saturated rings. The van der Waals surface area contributed by atoms with E-state index < -0.39 is 0 Å². The second-order valence-electron chi connectivity index (χ2n) is 1.36. The summed E-state index contributed by atoms with van der Waals surface area (Å²) in [5.41, 5.74) is -0.199. The van der Waals surface area contributed by atoms with Crippen LogP contribution >= 0.6 is 0 Å². The monoisotopic (exact) mass is 130 g/mol. The molecular weight excluding hydrogens is 125 g/mol. The van der Waals surface area contributed by atoms with Crippen LogP contribution in [-0.2, 0) is 0 Å². The normalized spacial score (nSPS) is 7.56. The third-order valence-corrected chi connectivity index (χ3v) is 0.749. The van der Waals surface area contributed by atoms with Gasteiger partial charge in [-0.3, -0.25) is 4.79 Å². The molecule has 9 heavy (non-hydrogen) atoms. The summed E-state index contributed by atoms with van der Waals surface area (Å²) in [5, 5.41) is 0. The summed E-state index contributed by atoms with van der Waals surface area (Å²) < 4.78 is 0. The van der Waals surface area contributed by atoms with Gasteiger partial charge in [0.25, 0.3) is 5.56 Å². The zero-order valence-corrected chi connectivity index (χ0v) is 7.24. The van der Waals surface area contributed by atoms with E-state index in [-0.39, 0.29) is 35.1 Å². The van der Waals surface area contributed by atoms with Gasteiger partial charge in [0, 0.05) is 41.8 Å². The maximum absolute atomic E-state index is 10.4. The molecule has 0 spiro atoms. The van der Waals surface area contributed by atoms with E-state index in [4.69, 9.17) is 0 Å². The van der Waals surface area contributed by atoms with Crippen LogP contribution in [0.5, 0.6) is 0 Å². The minimum absolute atomic E-state index is 0. The van der Waals surface area contributed by atoms with E-state index in [1.165, 1.54) is 12.3 Å². The van der Waals surface area contributed by atoms with E-state index in [0.29, 0.717) is 0 Å². The summed E-state index contributed by atoms with van der Waals surface area (Å²) in [5.74, 6) is 0. The van der Waals surface area contributed by atoms with Crippen LogP contribution in [0.3, 0.4) is 0 Å². The van der Waals surface area contributed by atoms with Gasteiger partial charge in [-0.15, -0.1) is 0 Å². The predicted molar refractivity (Wildman–Crippen MR) is 36.3 cm³/mol. The molecule has 0 saturated carbocycles. The van der Waals surface area contributed by atoms with Crippen molar-refractivity contribution in [3.8, 4) is 0 Å². The summed E-state index contributed by atoms with van der Waals surface area (Å²) in [6.45, 7) is 0. The van der Waals surface area contributed by atoms with E-state index in [1.807, 2.05) is 0 Å². The van der Waals surface area contributed by atoms with Gasteiger partial charge in [0.05, 0.1) is 0 Å². The third kappa shape index (κ3) is 3.40. The molecule has 2 nitrogen and oxygen atoms in total. The number of nitrogens with zero attached hydrogens (tertiary/aromatic N) is 1. The van der Waals surface area contributed by atoms with Crippen molar-refractivity contribution in [3.63, 3.8) is 0 Å². The second kappa shape index (κ2) is 4.68. The SMILES string of the molecule is O=c1cccccn1.[Na]. The Labute approximate surface area is 75.2 Å². The first kappa shape index (κ1) is 8.82. The molecule has 1 aromatic heterocycles. The molecule has 0 atom stereocenters. The Morgan fingerprint density at radius 1 is 1.22 bits per heavy atom. The van der Waals surface area contributed by atoms with Crippen molar-refractivity contribution in [2.24, 2.45) is 0 Å². The zero-order chi connectivity index (χ0) is 5.82. The molecule has 0 saturated heterocycles. The van der Waals surface area contributed by atoms with Gasteiger partial charge in [0.1, 0.15) is 0 Å². The standard InChI is InChI=1S/C6H5NO.Na/c8-6-4-2-1-3-5-7-6;/h1-5H;. The smallest absolute Gasteiger partial charge is 0.267 e. The first-order chi connectivity index (χ1) is 3.89. The van der Waals surface area contributed by atoms with E-state index in [9.17, 15) is 4.79 Å². The maximum Gasteiger partial charge on any atom is 0.269 e. The minimum atomic E-state index is -0.199. The van der Waals surface area contributed by atoms with Crippen molar-refractivity contribution in [1.82, 2.24) is 4.98 Å². The Morgan fingerprint density at radius 2 is 2.00 bits per heavy atom. The van der Waals surface area contributed by atoms with Crippen LogP contribution in [0.25, 0.3) is 0 Å². The average molecular weight is 130 g/mol. The summed E-state index contributed by atoms with van der Waals surface area (Å²) in [7, 11) is 0. The van der Waals surface area contributed by atoms with Gasteiger partial charge >= 0.3 is 0 Å². The summed E-state index contributed by atoms with van der Waals surface area (Å²) in [6.07, 6.45) is 1.47. The van der Waals surface area contributed by atoms with Crippen LogP contribution in [0.2, 0.25) is 0 Å². The fraction of sp³-hybridized carbons (Fsp3) is 0. The third-order valence-electron chi connectivity index (χ3n) is 0.749. The van der Waals surface area contributed by atoms with E-state index >= 15 is 0 Å². The van der Waals surface area contributed by atoms with Gasteiger partial charge in [-0.25, -0.2) is 4.98 Å². The van der Waals surface area contributed by atoms with Crippen LogP contribution in [0.4, 0.5) is 0 Å². The van der Waals surface area contributed by atoms with Crippen molar-refractivity contribution < 1.29 is 0 Å². The van der Waals surface area contributed by atoms with Crippen molar-refractivity contribution in [3.05, 3.63) is 40.8 Å². The van der Waals surface area contributed by atoms with Crippen molar-refractivity contribution >= 4 is 29.6 Å². The number of hydrogen-bond donors (Lipinski definition) is 0. The Kier molecular flexibility index (Phi) is 4.58. The van der Waals surface area contributed by atoms with E-state index in [1.54, 1.807) is 18.2 Å². The molecule has 1 rings (SSSR count). The molecular formula is C6H5NNaO. The molecule has 1 heterocycles. The predicted octanol–water partition coefficient (Wildman–Crippen LogP) is 0.0610. The Hall–Kier alpha value is -0.180. The molecule has 0 N–H and O–H groups in total. The topological polar surface area (TPSA) is 30.0 Å². The van der Waals surface area contributed by atoms with Gasteiger partial charge in [-0.1, -0.05) is 12.1 Å². The molecule has 0 aromatic carbocycles. The molecule has 41 valence electrons. The van der Waals surface area contributed by atoms with Crippen LogP contribution in [0.1, 0.15) is 0 Å². The van der Waals surface area contributed by atoms with Gasteiger partial charge in [0.15, 0.2) is 0 Å². The first-order valence-electron chi connectivity index (χ1n) is 2.31. The first-order valence-corrected chi connectivity index (χ1v) is 2.31. The van der Waals surface area contributed by atoms with Crippen LogP contribution < -0.4 is 5.56 Å². The molecule has 1 aromatic rings. The van der Waals surface area contributed by atoms with Crippen molar-refractivity contribution in [1.29, 1.82) is 0 Å². The van der Waals surface area contributed by atoms with E-state index in [0.717, 1.165) is 0 Å². The van der Waals surface area contributed by atoms with Gasteiger partial charge < -0.3 is 0 Å². The maximum atomic E-state index is 10.4. The van der Waals surface area contributed by atoms with Crippen molar-refractivity contribution in [2.75, 3.05) is 0 Å². The average Bonchev–Trinajstić information content (AvgIpc) is 1.94. The second-order valence-corrected chi connectivity index (χ2v) is 1.36. The molecule has 0 aliphatic carbocycles. The van der Waals surface area contributed by atoms with Crippen molar-refractivity contribution in [2.45, 2.75) is 0 Å². The minimum Gasteiger partial charge on any atom is -0.267 e. The molecule has 0 amide bonds. The van der Waals surface area contributed by atoms with E-state index in [2.05, 4.69) is 4.98 Å². The van der Waals surface area contributed by atoms with Crippen LogP contribution in [0, 0.1) is 0 Å². The fourth-order valence-electron chi connectivity index (χ4n) is 0.411. The largest absolute Gasteiger partial charge is 0.269 e. The number of hydrogen-bond acceptors (Lipinski definition) is 2. The van der Waals surface area contributed by atoms with Gasteiger partial charge in [0.2, 0.25) is 0 Å². The number of rotatable bonds is 0. The molecule has 3 heteroatoms. The van der Waals surface area contributed by atoms with Crippen LogP contribution in [0.15, 0.2) is 35.3 Å². The molecule has 0 aliphatic heterocycles. The summed E-state index contributed by atoms with van der Waals surface area (Å²) in [4.78, 5) is 13.8.